The predicted octanol–water partition coefficient (Wildman–Crippen LogP) is 6.10. The van der Waals surface area contributed by atoms with E-state index >= 15 is 0 Å². The number of halogens is 4. The zero-order valence-electron chi connectivity index (χ0n) is 11.3. The van der Waals surface area contributed by atoms with E-state index in [2.05, 4.69) is 15.9 Å². The first kappa shape index (κ1) is 16.8. The molecule has 6 heteroatoms. The summed E-state index contributed by atoms with van der Waals surface area (Å²) >= 11 is 22.1. The van der Waals surface area contributed by atoms with Crippen LogP contribution < -0.4 is 9.47 Å². The van der Waals surface area contributed by atoms with E-state index in [1.807, 2.05) is 6.07 Å². The van der Waals surface area contributed by atoms with E-state index < -0.39 is 5.38 Å². The van der Waals surface area contributed by atoms with Crippen LogP contribution in [0.2, 0.25) is 10.0 Å². The minimum absolute atomic E-state index is 0.484. The third-order valence-corrected chi connectivity index (χ3v) is 4.50. The molecule has 0 amide bonds. The third kappa shape index (κ3) is 3.59. The van der Waals surface area contributed by atoms with Crippen LogP contribution in [0.4, 0.5) is 0 Å². The van der Waals surface area contributed by atoms with Crippen molar-refractivity contribution < 1.29 is 9.47 Å². The summed E-state index contributed by atoms with van der Waals surface area (Å²) in [4.78, 5) is 0. The minimum atomic E-state index is -0.484. The Kier molecular flexibility index (Phi) is 5.67. The largest absolute Gasteiger partial charge is 0.496 e. The molecule has 0 heterocycles. The van der Waals surface area contributed by atoms with Gasteiger partial charge in [0.05, 0.1) is 24.1 Å². The van der Waals surface area contributed by atoms with Gasteiger partial charge in [-0.25, -0.2) is 0 Å². The minimum Gasteiger partial charge on any atom is -0.496 e. The zero-order chi connectivity index (χ0) is 15.6. The van der Waals surface area contributed by atoms with E-state index in [0.717, 1.165) is 15.6 Å². The van der Waals surface area contributed by atoms with Crippen molar-refractivity contribution in [1.29, 1.82) is 0 Å². The van der Waals surface area contributed by atoms with Crippen LogP contribution in [0.5, 0.6) is 11.5 Å². The van der Waals surface area contributed by atoms with Gasteiger partial charge < -0.3 is 9.47 Å². The van der Waals surface area contributed by atoms with E-state index in [9.17, 15) is 0 Å². The van der Waals surface area contributed by atoms with Gasteiger partial charge in [-0.05, 0) is 40.2 Å². The molecule has 0 spiro atoms. The summed E-state index contributed by atoms with van der Waals surface area (Å²) in [5.41, 5.74) is 1.54. The molecule has 2 nitrogen and oxygen atoms in total. The Morgan fingerprint density at radius 2 is 1.67 bits per heavy atom. The van der Waals surface area contributed by atoms with Crippen molar-refractivity contribution in [3.8, 4) is 11.5 Å². The van der Waals surface area contributed by atoms with E-state index in [4.69, 9.17) is 44.3 Å². The van der Waals surface area contributed by atoms with Gasteiger partial charge in [0.2, 0.25) is 0 Å². The highest BCUT2D eigenvalue weighted by molar-refractivity contribution is 9.10. The van der Waals surface area contributed by atoms with E-state index in [-0.39, 0.29) is 0 Å². The summed E-state index contributed by atoms with van der Waals surface area (Å²) in [7, 11) is 3.16. The van der Waals surface area contributed by atoms with Crippen LogP contribution in [-0.4, -0.2) is 14.2 Å². The number of alkyl halides is 1. The molecule has 2 aromatic rings. The summed E-state index contributed by atoms with van der Waals surface area (Å²) in [6, 6.07) is 8.84. The molecule has 0 aliphatic heterocycles. The molecule has 0 bridgehead atoms. The van der Waals surface area contributed by atoms with Gasteiger partial charge >= 0.3 is 0 Å². The lowest BCUT2D eigenvalue weighted by atomic mass is 10.0. The fraction of sp³-hybridized carbons (Fsp3) is 0.200. The molecule has 21 heavy (non-hydrogen) atoms. The molecule has 0 N–H and O–H groups in total. The van der Waals surface area contributed by atoms with Crippen molar-refractivity contribution in [3.05, 3.63) is 56.0 Å². The van der Waals surface area contributed by atoms with E-state index in [0.29, 0.717) is 21.5 Å². The van der Waals surface area contributed by atoms with Crippen molar-refractivity contribution in [3.63, 3.8) is 0 Å². The van der Waals surface area contributed by atoms with Crippen LogP contribution in [-0.2, 0) is 0 Å². The van der Waals surface area contributed by atoms with Gasteiger partial charge in [0, 0.05) is 21.2 Å². The summed E-state index contributed by atoms with van der Waals surface area (Å²) < 4.78 is 11.5. The Morgan fingerprint density at radius 1 is 0.952 bits per heavy atom. The van der Waals surface area contributed by atoms with Gasteiger partial charge in [0.25, 0.3) is 0 Å². The van der Waals surface area contributed by atoms with Crippen LogP contribution in [0.1, 0.15) is 16.5 Å². The molecule has 0 aliphatic carbocycles. The molecule has 0 saturated heterocycles. The highest BCUT2D eigenvalue weighted by Crippen LogP contribution is 2.44. The third-order valence-electron chi connectivity index (χ3n) is 2.98. The van der Waals surface area contributed by atoms with Gasteiger partial charge in [-0.2, -0.15) is 0 Å². The zero-order valence-corrected chi connectivity index (χ0v) is 15.1. The Bertz CT molecular complexity index is 662. The molecule has 0 aromatic heterocycles. The first-order valence-electron chi connectivity index (χ1n) is 5.98. The topological polar surface area (TPSA) is 18.5 Å². The maximum Gasteiger partial charge on any atom is 0.138 e. The Labute approximate surface area is 147 Å². The monoisotopic (exact) mass is 408 g/mol. The lowest BCUT2D eigenvalue weighted by Crippen LogP contribution is -2.01. The molecule has 0 aliphatic rings. The van der Waals surface area contributed by atoms with Gasteiger partial charge in [0.1, 0.15) is 11.5 Å². The Morgan fingerprint density at radius 3 is 2.29 bits per heavy atom. The first-order valence-corrected chi connectivity index (χ1v) is 7.97. The first-order chi connectivity index (χ1) is 9.97. The van der Waals surface area contributed by atoms with Gasteiger partial charge in [0.15, 0.2) is 0 Å². The quantitative estimate of drug-likeness (QED) is 0.567. The summed E-state index contributed by atoms with van der Waals surface area (Å²) in [5, 5.41) is 0.664. The smallest absolute Gasteiger partial charge is 0.138 e. The van der Waals surface area contributed by atoms with Crippen LogP contribution in [0.3, 0.4) is 0 Å². The molecule has 0 fully saturated rings. The fourth-order valence-corrected chi connectivity index (χ4v) is 3.55. The van der Waals surface area contributed by atoms with Crippen LogP contribution in [0.25, 0.3) is 0 Å². The average molecular weight is 411 g/mol. The lowest BCUT2D eigenvalue weighted by Gasteiger charge is -2.18. The highest BCUT2D eigenvalue weighted by Gasteiger charge is 2.22. The van der Waals surface area contributed by atoms with Crippen molar-refractivity contribution in [2.75, 3.05) is 14.2 Å². The second-order valence-electron chi connectivity index (χ2n) is 4.26. The highest BCUT2D eigenvalue weighted by atomic mass is 79.9. The second kappa shape index (κ2) is 7.10. The van der Waals surface area contributed by atoms with Crippen LogP contribution >= 0.6 is 50.7 Å². The molecular weight excluding hydrogens is 398 g/mol. The van der Waals surface area contributed by atoms with Crippen molar-refractivity contribution in [1.82, 2.24) is 0 Å². The standard InChI is InChI=1S/C15H12BrCl3O2/c1-20-13-7-8(17)3-4-10(13)14(19)11-5-9(18)6-12(16)15(11)21-2/h3-7,14H,1-2H3. The van der Waals surface area contributed by atoms with Crippen LogP contribution in [0, 0.1) is 0 Å². The Hall–Kier alpha value is -0.610. The summed E-state index contributed by atoms with van der Waals surface area (Å²) in [5.74, 6) is 1.25. The Balaban J connectivity index is 2.57. The number of benzene rings is 2. The van der Waals surface area contributed by atoms with Crippen LogP contribution in [0.15, 0.2) is 34.8 Å². The van der Waals surface area contributed by atoms with Crippen molar-refractivity contribution in [2.45, 2.75) is 5.38 Å². The average Bonchev–Trinajstić information content (AvgIpc) is 2.45. The molecular formula is C15H12BrCl3O2. The van der Waals surface area contributed by atoms with Crippen molar-refractivity contribution >= 4 is 50.7 Å². The number of hydrogen-bond acceptors (Lipinski definition) is 2. The maximum absolute atomic E-state index is 6.61. The summed E-state index contributed by atoms with van der Waals surface area (Å²) in [6.45, 7) is 0. The molecule has 0 radical (unpaired) electrons. The molecule has 2 rings (SSSR count). The second-order valence-corrected chi connectivity index (χ2v) is 6.42. The summed E-state index contributed by atoms with van der Waals surface area (Å²) in [6.07, 6.45) is 0. The van der Waals surface area contributed by atoms with Gasteiger partial charge in [-0.1, -0.05) is 29.3 Å². The fourth-order valence-electron chi connectivity index (χ4n) is 2.05. The van der Waals surface area contributed by atoms with E-state index in [1.54, 1.807) is 38.5 Å². The normalized spacial score (nSPS) is 12.1. The number of hydrogen-bond donors (Lipinski definition) is 0. The molecule has 0 saturated carbocycles. The SMILES string of the molecule is COc1cc(Cl)ccc1C(Cl)c1cc(Cl)cc(Br)c1OC. The van der Waals surface area contributed by atoms with Gasteiger partial charge in [-0.3, -0.25) is 0 Å². The van der Waals surface area contributed by atoms with E-state index in [1.165, 1.54) is 0 Å². The van der Waals surface area contributed by atoms with Gasteiger partial charge in [-0.15, -0.1) is 11.6 Å². The molecule has 1 atom stereocenters. The molecule has 1 unspecified atom stereocenters. The molecule has 112 valence electrons. The number of methoxy groups -OCH3 is 2. The number of ether oxygens (including phenoxy) is 2. The molecule has 2 aromatic carbocycles. The van der Waals surface area contributed by atoms with Crippen molar-refractivity contribution in [2.24, 2.45) is 0 Å². The number of rotatable bonds is 4. The lowest BCUT2D eigenvalue weighted by molar-refractivity contribution is 0.403. The maximum atomic E-state index is 6.61. The predicted molar refractivity (Wildman–Crippen MR) is 91.4 cm³/mol.